The number of nitrogens with two attached hydrogens (primary N) is 1. The van der Waals surface area contributed by atoms with E-state index in [0.29, 0.717) is 5.13 Å². The standard InChI is InChI=1S/C15H19N3O2S/c1-19-10-5-9(6-11(8-10)20-2)7-13-14-12(3-4-17-13)18-15(16)21-14/h5-6,8,13,17H,3-4,7H2,1-2H3,(H2,16,18). The first-order valence-electron chi connectivity index (χ1n) is 6.90. The average molecular weight is 305 g/mol. The molecule has 2 heterocycles. The number of hydrogen-bond acceptors (Lipinski definition) is 6. The Morgan fingerprint density at radius 1 is 1.29 bits per heavy atom. The number of anilines is 1. The molecule has 3 N–H and O–H groups in total. The van der Waals surface area contributed by atoms with Gasteiger partial charge in [0.15, 0.2) is 5.13 Å². The van der Waals surface area contributed by atoms with Crippen molar-refractivity contribution in [3.63, 3.8) is 0 Å². The number of fused-ring (bicyclic) bond motifs is 1. The summed E-state index contributed by atoms with van der Waals surface area (Å²) in [7, 11) is 3.33. The van der Waals surface area contributed by atoms with Gasteiger partial charge in [-0.15, -0.1) is 11.3 Å². The molecule has 1 aliphatic rings. The summed E-state index contributed by atoms with van der Waals surface area (Å²) >= 11 is 1.58. The summed E-state index contributed by atoms with van der Waals surface area (Å²) in [6.07, 6.45) is 1.81. The SMILES string of the molecule is COc1cc(CC2NCCc3nc(N)sc32)cc(OC)c1. The fourth-order valence-electron chi connectivity index (χ4n) is 2.68. The average Bonchev–Trinajstić information content (AvgIpc) is 2.88. The maximum Gasteiger partial charge on any atom is 0.180 e. The summed E-state index contributed by atoms with van der Waals surface area (Å²) in [6, 6.07) is 6.22. The minimum absolute atomic E-state index is 0.250. The van der Waals surface area contributed by atoms with E-state index in [1.54, 1.807) is 25.6 Å². The number of thiazole rings is 1. The fraction of sp³-hybridized carbons (Fsp3) is 0.400. The fourth-order valence-corrected chi connectivity index (χ4v) is 3.63. The largest absolute Gasteiger partial charge is 0.497 e. The first-order valence-corrected chi connectivity index (χ1v) is 7.71. The minimum atomic E-state index is 0.250. The number of ether oxygens (including phenoxy) is 2. The molecule has 0 spiro atoms. The Balaban J connectivity index is 1.87. The van der Waals surface area contributed by atoms with Crippen molar-refractivity contribution in [3.8, 4) is 11.5 Å². The molecule has 0 aliphatic carbocycles. The Labute approximate surface area is 128 Å². The van der Waals surface area contributed by atoms with Gasteiger partial charge in [-0.2, -0.15) is 0 Å². The molecule has 1 aliphatic heterocycles. The number of benzene rings is 1. The predicted octanol–water partition coefficient (Wildman–Crippen LogP) is 2.17. The third-order valence-electron chi connectivity index (χ3n) is 3.66. The van der Waals surface area contributed by atoms with Crippen LogP contribution in [-0.4, -0.2) is 25.7 Å². The molecule has 112 valence electrons. The number of methoxy groups -OCH3 is 2. The van der Waals surface area contributed by atoms with Crippen LogP contribution < -0.4 is 20.5 Å². The van der Waals surface area contributed by atoms with Crippen LogP contribution in [0.25, 0.3) is 0 Å². The molecule has 5 nitrogen and oxygen atoms in total. The normalized spacial score (nSPS) is 17.3. The van der Waals surface area contributed by atoms with Crippen molar-refractivity contribution in [2.45, 2.75) is 18.9 Å². The molecule has 1 aromatic carbocycles. The van der Waals surface area contributed by atoms with Crippen molar-refractivity contribution in [2.75, 3.05) is 26.5 Å². The molecule has 3 rings (SSSR count). The van der Waals surface area contributed by atoms with Crippen LogP contribution in [0.2, 0.25) is 0 Å². The van der Waals surface area contributed by atoms with E-state index in [4.69, 9.17) is 15.2 Å². The van der Waals surface area contributed by atoms with Crippen LogP contribution in [0.4, 0.5) is 5.13 Å². The quantitative estimate of drug-likeness (QED) is 0.906. The second-order valence-corrected chi connectivity index (χ2v) is 6.11. The van der Waals surface area contributed by atoms with Crippen molar-refractivity contribution in [1.29, 1.82) is 0 Å². The van der Waals surface area contributed by atoms with E-state index in [2.05, 4.69) is 10.3 Å². The Kier molecular flexibility index (Phi) is 3.98. The Morgan fingerprint density at radius 3 is 2.67 bits per heavy atom. The van der Waals surface area contributed by atoms with Gasteiger partial charge in [-0.3, -0.25) is 0 Å². The highest BCUT2D eigenvalue weighted by atomic mass is 32.1. The molecule has 2 aromatic rings. The third kappa shape index (κ3) is 2.96. The molecular weight excluding hydrogens is 286 g/mol. The van der Waals surface area contributed by atoms with Crippen molar-refractivity contribution < 1.29 is 9.47 Å². The molecule has 0 fully saturated rings. The lowest BCUT2D eigenvalue weighted by atomic mass is 9.99. The van der Waals surface area contributed by atoms with Crippen LogP contribution in [0.1, 0.15) is 22.2 Å². The van der Waals surface area contributed by atoms with Crippen LogP contribution in [0, 0.1) is 0 Å². The van der Waals surface area contributed by atoms with Gasteiger partial charge >= 0.3 is 0 Å². The van der Waals surface area contributed by atoms with Gasteiger partial charge in [-0.05, 0) is 24.1 Å². The molecular formula is C15H19N3O2S. The van der Waals surface area contributed by atoms with E-state index in [0.717, 1.165) is 36.6 Å². The first-order chi connectivity index (χ1) is 10.2. The summed E-state index contributed by atoms with van der Waals surface area (Å²) in [5.74, 6) is 1.62. The van der Waals surface area contributed by atoms with Gasteiger partial charge in [0, 0.05) is 30.0 Å². The molecule has 0 amide bonds. The van der Waals surface area contributed by atoms with Gasteiger partial charge in [-0.1, -0.05) is 0 Å². The number of nitrogens with zero attached hydrogens (tertiary/aromatic N) is 1. The zero-order valence-electron chi connectivity index (χ0n) is 12.2. The summed E-state index contributed by atoms with van der Waals surface area (Å²) in [6.45, 7) is 0.932. The van der Waals surface area contributed by atoms with Crippen LogP contribution in [0.5, 0.6) is 11.5 Å². The lowest BCUT2D eigenvalue weighted by Gasteiger charge is -2.23. The van der Waals surface area contributed by atoms with E-state index < -0.39 is 0 Å². The van der Waals surface area contributed by atoms with Crippen LogP contribution in [-0.2, 0) is 12.8 Å². The molecule has 21 heavy (non-hydrogen) atoms. The smallest absolute Gasteiger partial charge is 0.180 e. The lowest BCUT2D eigenvalue weighted by molar-refractivity contribution is 0.392. The van der Waals surface area contributed by atoms with E-state index in [1.165, 1.54) is 10.4 Å². The second kappa shape index (κ2) is 5.91. The molecule has 0 saturated heterocycles. The lowest BCUT2D eigenvalue weighted by Crippen LogP contribution is -2.30. The van der Waals surface area contributed by atoms with Crippen molar-refractivity contribution >= 4 is 16.5 Å². The van der Waals surface area contributed by atoms with Crippen LogP contribution in [0.3, 0.4) is 0 Å². The van der Waals surface area contributed by atoms with Crippen molar-refractivity contribution in [2.24, 2.45) is 0 Å². The third-order valence-corrected chi connectivity index (χ3v) is 4.70. The Bertz CT molecular complexity index is 620. The first kappa shape index (κ1) is 14.2. The van der Waals surface area contributed by atoms with Crippen LogP contribution in [0.15, 0.2) is 18.2 Å². The van der Waals surface area contributed by atoms with Crippen molar-refractivity contribution in [3.05, 3.63) is 34.3 Å². The highest BCUT2D eigenvalue weighted by molar-refractivity contribution is 7.15. The zero-order chi connectivity index (χ0) is 14.8. The predicted molar refractivity (Wildman–Crippen MR) is 84.2 cm³/mol. The molecule has 1 atom stereocenters. The maximum absolute atomic E-state index is 5.84. The van der Waals surface area contributed by atoms with E-state index in [1.807, 2.05) is 18.2 Å². The number of rotatable bonds is 4. The van der Waals surface area contributed by atoms with E-state index in [-0.39, 0.29) is 6.04 Å². The summed E-state index contributed by atoms with van der Waals surface area (Å²) in [5, 5.41) is 4.20. The van der Waals surface area contributed by atoms with E-state index >= 15 is 0 Å². The molecule has 0 bridgehead atoms. The topological polar surface area (TPSA) is 69.4 Å². The number of nitrogens with one attached hydrogen (secondary N) is 1. The number of aromatic nitrogens is 1. The van der Waals surface area contributed by atoms with Gasteiger partial charge in [0.1, 0.15) is 11.5 Å². The van der Waals surface area contributed by atoms with Gasteiger partial charge in [-0.25, -0.2) is 4.98 Å². The van der Waals surface area contributed by atoms with Gasteiger partial charge in [0.25, 0.3) is 0 Å². The van der Waals surface area contributed by atoms with Crippen molar-refractivity contribution in [1.82, 2.24) is 10.3 Å². The molecule has 1 unspecified atom stereocenters. The van der Waals surface area contributed by atoms with Gasteiger partial charge in [0.05, 0.1) is 19.9 Å². The second-order valence-electron chi connectivity index (χ2n) is 5.04. The number of nitrogen functional groups attached to an aromatic ring is 1. The van der Waals surface area contributed by atoms with Gasteiger partial charge < -0.3 is 20.5 Å². The maximum atomic E-state index is 5.84. The van der Waals surface area contributed by atoms with E-state index in [9.17, 15) is 0 Å². The highest BCUT2D eigenvalue weighted by Crippen LogP contribution is 2.33. The number of hydrogen-bond donors (Lipinski definition) is 2. The molecule has 6 heteroatoms. The minimum Gasteiger partial charge on any atom is -0.497 e. The van der Waals surface area contributed by atoms with Crippen LogP contribution >= 0.6 is 11.3 Å². The molecule has 0 radical (unpaired) electrons. The monoisotopic (exact) mass is 305 g/mol. The Hall–Kier alpha value is -1.79. The summed E-state index contributed by atoms with van der Waals surface area (Å²) in [5.41, 5.74) is 8.15. The Morgan fingerprint density at radius 2 is 2.00 bits per heavy atom. The summed E-state index contributed by atoms with van der Waals surface area (Å²) < 4.78 is 10.7. The molecule has 0 saturated carbocycles. The summed E-state index contributed by atoms with van der Waals surface area (Å²) in [4.78, 5) is 5.67. The molecule has 1 aromatic heterocycles. The zero-order valence-corrected chi connectivity index (χ0v) is 13.0. The highest BCUT2D eigenvalue weighted by Gasteiger charge is 2.24. The van der Waals surface area contributed by atoms with Gasteiger partial charge in [0.2, 0.25) is 0 Å².